The molecule has 0 aliphatic carbocycles. The van der Waals surface area contributed by atoms with Gasteiger partial charge in [0.2, 0.25) is 0 Å². The number of amides is 1. The van der Waals surface area contributed by atoms with Gasteiger partial charge in [0.1, 0.15) is 6.04 Å². The molecule has 0 spiro atoms. The van der Waals surface area contributed by atoms with Gasteiger partial charge in [-0.1, -0.05) is 11.6 Å². The summed E-state index contributed by atoms with van der Waals surface area (Å²) in [5.41, 5.74) is 1.28. The van der Waals surface area contributed by atoms with Crippen LogP contribution in [0.3, 0.4) is 0 Å². The Labute approximate surface area is 124 Å². The van der Waals surface area contributed by atoms with Crippen LogP contribution in [-0.4, -0.2) is 34.5 Å². The van der Waals surface area contributed by atoms with Crippen LogP contribution < -0.4 is 0 Å². The van der Waals surface area contributed by atoms with Crippen LogP contribution >= 0.6 is 27.5 Å². The van der Waals surface area contributed by atoms with Crippen molar-refractivity contribution in [2.45, 2.75) is 25.8 Å². The number of benzene rings is 1. The number of carboxylic acid groups (broad SMARTS) is 1. The molecule has 1 fully saturated rings. The monoisotopic (exact) mass is 345 g/mol. The lowest BCUT2D eigenvalue weighted by Gasteiger charge is -2.22. The van der Waals surface area contributed by atoms with E-state index in [1.807, 2.05) is 6.92 Å². The lowest BCUT2D eigenvalue weighted by atomic mass is 10.1. The highest BCUT2D eigenvalue weighted by Crippen LogP contribution is 2.29. The molecule has 1 saturated heterocycles. The molecule has 1 N–H and O–H groups in total. The highest BCUT2D eigenvalue weighted by atomic mass is 79.9. The van der Waals surface area contributed by atoms with Crippen molar-refractivity contribution in [3.63, 3.8) is 0 Å². The summed E-state index contributed by atoms with van der Waals surface area (Å²) in [6.07, 6.45) is 1.22. The highest BCUT2D eigenvalue weighted by Gasteiger charge is 2.34. The van der Waals surface area contributed by atoms with Gasteiger partial charge < -0.3 is 10.0 Å². The molecule has 1 heterocycles. The average molecular weight is 347 g/mol. The number of carbonyl (C=O) groups is 2. The molecule has 6 heteroatoms. The fourth-order valence-corrected chi connectivity index (χ4v) is 2.78. The van der Waals surface area contributed by atoms with E-state index in [2.05, 4.69) is 15.9 Å². The number of hydrogen-bond donors (Lipinski definition) is 1. The first-order chi connectivity index (χ1) is 8.91. The summed E-state index contributed by atoms with van der Waals surface area (Å²) in [5.74, 6) is -1.23. The van der Waals surface area contributed by atoms with Crippen LogP contribution in [0, 0.1) is 6.92 Å². The standard InChI is InChI=1S/C13H13BrClNO3/c1-7-5-8(6-9(15)11(7)14)12(17)16-4-2-3-10(16)13(18)19/h5-6,10H,2-4H2,1H3,(H,18,19)/t10-/m0/s1. The van der Waals surface area contributed by atoms with Gasteiger partial charge in [0.25, 0.3) is 5.91 Å². The zero-order valence-electron chi connectivity index (χ0n) is 10.3. The van der Waals surface area contributed by atoms with E-state index >= 15 is 0 Å². The van der Waals surface area contributed by atoms with Crippen LogP contribution in [0.1, 0.15) is 28.8 Å². The van der Waals surface area contributed by atoms with Crippen molar-refractivity contribution >= 4 is 39.4 Å². The summed E-state index contributed by atoms with van der Waals surface area (Å²) in [4.78, 5) is 24.9. The van der Waals surface area contributed by atoms with E-state index in [0.717, 1.165) is 10.0 Å². The lowest BCUT2D eigenvalue weighted by Crippen LogP contribution is -2.40. The van der Waals surface area contributed by atoms with Gasteiger partial charge in [-0.25, -0.2) is 4.79 Å². The summed E-state index contributed by atoms with van der Waals surface area (Å²) in [5, 5.41) is 9.56. The Morgan fingerprint density at radius 2 is 2.16 bits per heavy atom. The first kappa shape index (κ1) is 14.3. The quantitative estimate of drug-likeness (QED) is 0.895. The molecular weight excluding hydrogens is 334 g/mol. The maximum Gasteiger partial charge on any atom is 0.326 e. The number of aryl methyl sites for hydroxylation is 1. The van der Waals surface area contributed by atoms with Crippen LogP contribution in [-0.2, 0) is 4.79 Å². The highest BCUT2D eigenvalue weighted by molar-refractivity contribution is 9.10. The van der Waals surface area contributed by atoms with Crippen LogP contribution in [0.4, 0.5) is 0 Å². The van der Waals surface area contributed by atoms with E-state index in [1.54, 1.807) is 12.1 Å². The smallest absolute Gasteiger partial charge is 0.326 e. The van der Waals surface area contributed by atoms with Crippen LogP contribution in [0.5, 0.6) is 0 Å². The molecule has 102 valence electrons. The second-order valence-corrected chi connectivity index (χ2v) is 5.78. The molecule has 0 bridgehead atoms. The van der Waals surface area contributed by atoms with Crippen LogP contribution in [0.15, 0.2) is 16.6 Å². The average Bonchev–Trinajstić information content (AvgIpc) is 2.83. The van der Waals surface area contributed by atoms with Gasteiger partial charge in [0, 0.05) is 16.6 Å². The van der Waals surface area contributed by atoms with E-state index in [0.29, 0.717) is 30.0 Å². The molecule has 19 heavy (non-hydrogen) atoms. The van der Waals surface area contributed by atoms with Gasteiger partial charge in [-0.05, 0) is 53.4 Å². The molecule has 4 nitrogen and oxygen atoms in total. The van der Waals surface area contributed by atoms with Crippen molar-refractivity contribution in [2.75, 3.05) is 6.54 Å². The third-order valence-corrected chi connectivity index (χ3v) is 4.83. The van der Waals surface area contributed by atoms with Crippen molar-refractivity contribution in [3.05, 3.63) is 32.8 Å². The Hall–Kier alpha value is -1.07. The first-order valence-electron chi connectivity index (χ1n) is 5.91. The number of nitrogens with zero attached hydrogens (tertiary/aromatic N) is 1. The molecule has 1 amide bonds. The number of aliphatic carboxylic acids is 1. The van der Waals surface area contributed by atoms with Crippen molar-refractivity contribution in [3.8, 4) is 0 Å². The first-order valence-corrected chi connectivity index (χ1v) is 7.08. The zero-order valence-corrected chi connectivity index (χ0v) is 12.7. The van der Waals surface area contributed by atoms with E-state index in [9.17, 15) is 9.59 Å². The van der Waals surface area contributed by atoms with E-state index in [1.165, 1.54) is 4.90 Å². The molecule has 1 aliphatic rings. The van der Waals surface area contributed by atoms with Crippen molar-refractivity contribution in [1.29, 1.82) is 0 Å². The predicted molar refractivity (Wildman–Crippen MR) is 75.6 cm³/mol. The Balaban J connectivity index is 2.32. The third-order valence-electron chi connectivity index (χ3n) is 3.26. The van der Waals surface area contributed by atoms with Gasteiger partial charge >= 0.3 is 5.97 Å². The fourth-order valence-electron chi connectivity index (χ4n) is 2.28. The lowest BCUT2D eigenvalue weighted by molar-refractivity contribution is -0.141. The third kappa shape index (κ3) is 2.77. The zero-order chi connectivity index (χ0) is 14.2. The molecular formula is C13H13BrClNO3. The Morgan fingerprint density at radius 1 is 1.47 bits per heavy atom. The molecule has 1 atom stereocenters. The topological polar surface area (TPSA) is 57.6 Å². The van der Waals surface area contributed by atoms with Crippen molar-refractivity contribution in [2.24, 2.45) is 0 Å². The number of hydrogen-bond acceptors (Lipinski definition) is 2. The summed E-state index contributed by atoms with van der Waals surface area (Å²) in [6.45, 7) is 2.31. The van der Waals surface area contributed by atoms with Crippen molar-refractivity contribution in [1.82, 2.24) is 4.90 Å². The fraction of sp³-hybridized carbons (Fsp3) is 0.385. The summed E-state index contributed by atoms with van der Waals surface area (Å²) in [7, 11) is 0. The van der Waals surface area contributed by atoms with E-state index in [-0.39, 0.29) is 5.91 Å². The van der Waals surface area contributed by atoms with Crippen LogP contribution in [0.2, 0.25) is 5.02 Å². The van der Waals surface area contributed by atoms with E-state index < -0.39 is 12.0 Å². The normalized spacial score (nSPS) is 18.7. The largest absolute Gasteiger partial charge is 0.480 e. The maximum atomic E-state index is 12.4. The predicted octanol–water partition coefficient (Wildman–Crippen LogP) is 3.10. The molecule has 0 aromatic heterocycles. The minimum absolute atomic E-state index is 0.276. The summed E-state index contributed by atoms with van der Waals surface area (Å²) in [6, 6.07) is 2.56. The Kier molecular flexibility index (Phi) is 4.16. The Bertz CT molecular complexity index is 524. The molecule has 1 aromatic rings. The second kappa shape index (κ2) is 5.51. The molecule has 0 saturated carbocycles. The number of rotatable bonds is 2. The summed E-state index contributed by atoms with van der Waals surface area (Å²) >= 11 is 9.36. The maximum absolute atomic E-state index is 12.4. The number of carbonyl (C=O) groups excluding carboxylic acids is 1. The minimum atomic E-state index is -0.953. The molecule has 0 radical (unpaired) electrons. The van der Waals surface area contributed by atoms with Gasteiger partial charge in [-0.3, -0.25) is 4.79 Å². The molecule has 2 rings (SSSR count). The van der Waals surface area contributed by atoms with Gasteiger partial charge in [0.15, 0.2) is 0 Å². The molecule has 1 aromatic carbocycles. The van der Waals surface area contributed by atoms with Gasteiger partial charge in [-0.2, -0.15) is 0 Å². The number of carboxylic acids is 1. The molecule has 1 aliphatic heterocycles. The SMILES string of the molecule is Cc1cc(C(=O)N2CCC[C@H]2C(=O)O)cc(Cl)c1Br. The second-order valence-electron chi connectivity index (χ2n) is 4.58. The van der Waals surface area contributed by atoms with Crippen LogP contribution in [0.25, 0.3) is 0 Å². The summed E-state index contributed by atoms with van der Waals surface area (Å²) < 4.78 is 0.752. The number of halogens is 2. The molecule has 0 unspecified atom stereocenters. The van der Waals surface area contributed by atoms with Gasteiger partial charge in [0.05, 0.1) is 5.02 Å². The Morgan fingerprint density at radius 3 is 2.74 bits per heavy atom. The minimum Gasteiger partial charge on any atom is -0.480 e. The number of likely N-dealkylation sites (tertiary alicyclic amines) is 1. The van der Waals surface area contributed by atoms with Gasteiger partial charge in [-0.15, -0.1) is 0 Å². The van der Waals surface area contributed by atoms with E-state index in [4.69, 9.17) is 16.7 Å². The van der Waals surface area contributed by atoms with Crippen molar-refractivity contribution < 1.29 is 14.7 Å².